The van der Waals surface area contributed by atoms with Crippen molar-refractivity contribution < 1.29 is 0 Å². The van der Waals surface area contributed by atoms with Gasteiger partial charge in [-0.2, -0.15) is 0 Å². The van der Waals surface area contributed by atoms with Gasteiger partial charge in [0.05, 0.1) is 27.9 Å². The third-order valence-corrected chi connectivity index (χ3v) is 13.3. The Bertz CT molecular complexity index is 3800. The van der Waals surface area contributed by atoms with Gasteiger partial charge in [-0.05, 0) is 91.4 Å². The standard InChI is InChI=1S/C60H39N3/c1-2-18-38(19-3-1)58-50-30-14-16-32-53(50)61-60(62-58)43-35-40-21-6-10-26-46(40)55(37-43)63-54-33-17-15-31-51(54)57-49-29-13-12-28-48(49)56-47-27-11-7-22-41(47)34-39-20-4-8-24-44(39)45-25-9-5-23-42(45)36-52(56)59(57)63/h1-33,35,37H,34,36H2. The third kappa shape index (κ3) is 5.60. The highest BCUT2D eigenvalue weighted by molar-refractivity contribution is 6.26. The third-order valence-electron chi connectivity index (χ3n) is 13.3. The van der Waals surface area contributed by atoms with Crippen LogP contribution in [0.2, 0.25) is 0 Å². The van der Waals surface area contributed by atoms with Gasteiger partial charge in [0.15, 0.2) is 5.82 Å². The van der Waals surface area contributed by atoms with Crippen LogP contribution >= 0.6 is 0 Å². The van der Waals surface area contributed by atoms with Gasteiger partial charge in [0.25, 0.3) is 0 Å². The molecule has 1 aliphatic rings. The molecule has 0 fully saturated rings. The molecule has 13 rings (SSSR count). The van der Waals surface area contributed by atoms with Gasteiger partial charge in [-0.25, -0.2) is 9.97 Å². The van der Waals surface area contributed by atoms with Crippen LogP contribution in [0.5, 0.6) is 0 Å². The van der Waals surface area contributed by atoms with Crippen molar-refractivity contribution in [2.75, 3.05) is 0 Å². The molecule has 0 aliphatic heterocycles. The number of fused-ring (bicyclic) bond motifs is 15. The fourth-order valence-electron chi connectivity index (χ4n) is 10.5. The van der Waals surface area contributed by atoms with E-state index in [1.54, 1.807) is 0 Å². The average molecular weight is 802 g/mol. The van der Waals surface area contributed by atoms with E-state index >= 15 is 0 Å². The lowest BCUT2D eigenvalue weighted by Crippen LogP contribution is -2.06. The Balaban J connectivity index is 1.19. The lowest BCUT2D eigenvalue weighted by atomic mass is 9.81. The number of rotatable bonds is 3. The molecule has 0 atom stereocenters. The zero-order valence-corrected chi connectivity index (χ0v) is 34.5. The van der Waals surface area contributed by atoms with Crippen molar-refractivity contribution in [3.05, 3.63) is 235 Å². The van der Waals surface area contributed by atoms with Crippen LogP contribution in [-0.4, -0.2) is 14.5 Å². The molecule has 2 heterocycles. The monoisotopic (exact) mass is 801 g/mol. The number of aromatic nitrogens is 3. The molecule has 0 unspecified atom stereocenters. The van der Waals surface area contributed by atoms with Gasteiger partial charge in [-0.1, -0.05) is 188 Å². The summed E-state index contributed by atoms with van der Waals surface area (Å²) in [6, 6.07) is 77.5. The molecule has 0 saturated heterocycles. The molecule has 0 saturated carbocycles. The topological polar surface area (TPSA) is 30.7 Å². The van der Waals surface area contributed by atoms with E-state index in [1.807, 2.05) is 0 Å². The summed E-state index contributed by atoms with van der Waals surface area (Å²) in [6.07, 6.45) is 1.58. The molecule has 0 bridgehead atoms. The second-order valence-corrected chi connectivity index (χ2v) is 16.8. The van der Waals surface area contributed by atoms with Gasteiger partial charge >= 0.3 is 0 Å². The summed E-state index contributed by atoms with van der Waals surface area (Å²) >= 11 is 0. The largest absolute Gasteiger partial charge is 0.308 e. The van der Waals surface area contributed by atoms with Gasteiger partial charge in [-0.3, -0.25) is 0 Å². The fraction of sp³-hybridized carbons (Fsp3) is 0.0333. The maximum atomic E-state index is 5.40. The molecular weight excluding hydrogens is 763 g/mol. The predicted molar refractivity (Wildman–Crippen MR) is 263 cm³/mol. The molecule has 12 aromatic rings. The predicted octanol–water partition coefficient (Wildman–Crippen LogP) is 15.2. The molecule has 3 nitrogen and oxygen atoms in total. The molecule has 0 spiro atoms. The highest BCUT2D eigenvalue weighted by atomic mass is 15.0. The molecule has 10 aromatic carbocycles. The maximum Gasteiger partial charge on any atom is 0.160 e. The van der Waals surface area contributed by atoms with Crippen LogP contribution in [0.15, 0.2) is 212 Å². The van der Waals surface area contributed by atoms with Crippen LogP contribution in [0.4, 0.5) is 0 Å². The molecule has 1 aliphatic carbocycles. The van der Waals surface area contributed by atoms with E-state index in [9.17, 15) is 0 Å². The van der Waals surface area contributed by atoms with E-state index in [-0.39, 0.29) is 0 Å². The minimum Gasteiger partial charge on any atom is -0.308 e. The zero-order valence-electron chi connectivity index (χ0n) is 34.5. The summed E-state index contributed by atoms with van der Waals surface area (Å²) in [5.41, 5.74) is 17.9. The SMILES string of the molecule is c1ccc(-c2nc(-c3cc(-n4c5ccccc5c5c6ccccc6c6c(c54)Cc4ccccc4-c4ccccc4Cc4ccccc4-6)c4ccccc4c3)nc3ccccc23)cc1. The Morgan fingerprint density at radius 3 is 1.75 bits per heavy atom. The summed E-state index contributed by atoms with van der Waals surface area (Å²) in [5, 5.41) is 8.39. The highest BCUT2D eigenvalue weighted by Crippen LogP contribution is 2.48. The summed E-state index contributed by atoms with van der Waals surface area (Å²) in [7, 11) is 0. The van der Waals surface area contributed by atoms with Gasteiger partial charge in [-0.15, -0.1) is 0 Å². The summed E-state index contributed by atoms with van der Waals surface area (Å²) in [5.74, 6) is 0.704. The second-order valence-electron chi connectivity index (χ2n) is 16.8. The van der Waals surface area contributed by atoms with Gasteiger partial charge in [0.2, 0.25) is 0 Å². The number of hydrogen-bond acceptors (Lipinski definition) is 2. The first kappa shape index (κ1) is 35.6. The Morgan fingerprint density at radius 1 is 0.397 bits per heavy atom. The van der Waals surface area contributed by atoms with Crippen LogP contribution in [0.25, 0.3) is 105 Å². The van der Waals surface area contributed by atoms with Crippen molar-refractivity contribution >= 4 is 54.3 Å². The van der Waals surface area contributed by atoms with Gasteiger partial charge in [0, 0.05) is 39.1 Å². The van der Waals surface area contributed by atoms with E-state index < -0.39 is 0 Å². The van der Waals surface area contributed by atoms with Crippen LogP contribution in [0.1, 0.15) is 22.3 Å². The minimum atomic E-state index is 0.704. The maximum absolute atomic E-state index is 5.40. The Hall–Kier alpha value is -8.14. The minimum absolute atomic E-state index is 0.704. The summed E-state index contributed by atoms with van der Waals surface area (Å²) < 4.78 is 2.58. The number of para-hydroxylation sites is 2. The van der Waals surface area contributed by atoms with Crippen molar-refractivity contribution in [1.29, 1.82) is 0 Å². The smallest absolute Gasteiger partial charge is 0.160 e. The first-order valence-corrected chi connectivity index (χ1v) is 21.8. The Morgan fingerprint density at radius 2 is 0.968 bits per heavy atom. The average Bonchev–Trinajstić information content (AvgIpc) is 3.70. The fourth-order valence-corrected chi connectivity index (χ4v) is 10.5. The molecule has 0 N–H and O–H groups in total. The lowest BCUT2D eigenvalue weighted by Gasteiger charge is -2.24. The van der Waals surface area contributed by atoms with E-state index in [2.05, 4.69) is 217 Å². The van der Waals surface area contributed by atoms with E-state index in [4.69, 9.17) is 9.97 Å². The molecule has 294 valence electrons. The lowest BCUT2D eigenvalue weighted by molar-refractivity contribution is 1.13. The number of nitrogens with zero attached hydrogens (tertiary/aromatic N) is 3. The van der Waals surface area contributed by atoms with E-state index in [0.717, 1.165) is 51.6 Å². The first-order valence-electron chi connectivity index (χ1n) is 21.8. The van der Waals surface area contributed by atoms with Crippen molar-refractivity contribution in [2.45, 2.75) is 12.8 Å². The molecule has 63 heavy (non-hydrogen) atoms. The van der Waals surface area contributed by atoms with Gasteiger partial charge in [0.1, 0.15) is 0 Å². The van der Waals surface area contributed by atoms with Crippen LogP contribution in [-0.2, 0) is 12.8 Å². The van der Waals surface area contributed by atoms with E-state index in [0.29, 0.717) is 5.82 Å². The Kier molecular flexibility index (Phi) is 8.04. The summed E-state index contributed by atoms with van der Waals surface area (Å²) in [6.45, 7) is 0. The van der Waals surface area contributed by atoms with Crippen LogP contribution < -0.4 is 0 Å². The zero-order chi connectivity index (χ0) is 41.4. The summed E-state index contributed by atoms with van der Waals surface area (Å²) in [4.78, 5) is 10.7. The highest BCUT2D eigenvalue weighted by Gasteiger charge is 2.27. The van der Waals surface area contributed by atoms with E-state index in [1.165, 1.54) is 82.5 Å². The molecule has 3 heteroatoms. The normalized spacial score (nSPS) is 12.3. The Labute approximate surface area is 365 Å². The van der Waals surface area contributed by atoms with Crippen LogP contribution in [0.3, 0.4) is 0 Å². The second kappa shape index (κ2) is 14.2. The number of hydrogen-bond donors (Lipinski definition) is 0. The van der Waals surface area contributed by atoms with Gasteiger partial charge < -0.3 is 4.57 Å². The van der Waals surface area contributed by atoms with Crippen molar-refractivity contribution in [3.63, 3.8) is 0 Å². The van der Waals surface area contributed by atoms with Crippen LogP contribution in [0, 0.1) is 0 Å². The molecule has 0 radical (unpaired) electrons. The molecule has 0 amide bonds. The molecular formula is C60H39N3. The quantitative estimate of drug-likeness (QED) is 0.178. The van der Waals surface area contributed by atoms with Crippen molar-refractivity contribution in [2.24, 2.45) is 0 Å². The number of benzene rings is 10. The van der Waals surface area contributed by atoms with Crippen molar-refractivity contribution in [3.8, 4) is 50.6 Å². The first-order chi connectivity index (χ1) is 31.3. The molecule has 2 aromatic heterocycles. The van der Waals surface area contributed by atoms with Crippen molar-refractivity contribution in [1.82, 2.24) is 14.5 Å².